The molecule has 1 unspecified atom stereocenters. The standard InChI is InChI=1S/C10H12ClFN4/c1-5(12)6(2)14-8-3-7-4-13-16-10(7)15-9(8)11/h3-6,14H,1-2H3,(H,13,15,16)/t5-,6?/m1/s1. The van der Waals surface area contributed by atoms with E-state index in [9.17, 15) is 4.39 Å². The number of halogens is 2. The van der Waals surface area contributed by atoms with Crippen molar-refractivity contribution in [2.45, 2.75) is 26.1 Å². The van der Waals surface area contributed by atoms with Crippen molar-refractivity contribution in [3.05, 3.63) is 17.4 Å². The Hall–Kier alpha value is -1.36. The Bertz CT molecular complexity index is 497. The fourth-order valence-electron chi connectivity index (χ4n) is 1.32. The molecular formula is C10H12ClFN4. The van der Waals surface area contributed by atoms with E-state index >= 15 is 0 Å². The van der Waals surface area contributed by atoms with Gasteiger partial charge >= 0.3 is 0 Å². The van der Waals surface area contributed by atoms with Crippen molar-refractivity contribution < 1.29 is 4.39 Å². The van der Waals surface area contributed by atoms with Gasteiger partial charge in [0.15, 0.2) is 10.8 Å². The number of nitrogens with one attached hydrogen (secondary N) is 2. The van der Waals surface area contributed by atoms with Gasteiger partial charge in [-0.3, -0.25) is 5.10 Å². The lowest BCUT2D eigenvalue weighted by atomic mass is 10.2. The smallest absolute Gasteiger partial charge is 0.157 e. The number of aromatic amines is 1. The predicted molar refractivity (Wildman–Crippen MR) is 62.6 cm³/mol. The summed E-state index contributed by atoms with van der Waals surface area (Å²) < 4.78 is 13.0. The minimum absolute atomic E-state index is 0.309. The van der Waals surface area contributed by atoms with Gasteiger partial charge < -0.3 is 5.32 Å². The fourth-order valence-corrected chi connectivity index (χ4v) is 1.51. The maximum atomic E-state index is 13.0. The largest absolute Gasteiger partial charge is 0.377 e. The van der Waals surface area contributed by atoms with Gasteiger partial charge in [-0.15, -0.1) is 0 Å². The lowest BCUT2D eigenvalue weighted by molar-refractivity contribution is 0.330. The Morgan fingerprint density at radius 3 is 2.94 bits per heavy atom. The number of anilines is 1. The molecule has 0 aromatic carbocycles. The quantitative estimate of drug-likeness (QED) is 0.814. The highest BCUT2D eigenvalue weighted by atomic mass is 35.5. The fraction of sp³-hybridized carbons (Fsp3) is 0.400. The zero-order valence-electron chi connectivity index (χ0n) is 8.96. The van der Waals surface area contributed by atoms with Gasteiger partial charge in [0.25, 0.3) is 0 Å². The van der Waals surface area contributed by atoms with E-state index in [-0.39, 0.29) is 6.04 Å². The van der Waals surface area contributed by atoms with Crippen LogP contribution in [0.15, 0.2) is 12.3 Å². The molecule has 2 aromatic rings. The van der Waals surface area contributed by atoms with Crippen LogP contribution < -0.4 is 5.32 Å². The Balaban J connectivity index is 2.32. The zero-order valence-corrected chi connectivity index (χ0v) is 9.72. The molecule has 4 nitrogen and oxygen atoms in total. The van der Waals surface area contributed by atoms with Crippen LogP contribution in [0.5, 0.6) is 0 Å². The molecule has 0 aliphatic heterocycles. The van der Waals surface area contributed by atoms with Crippen molar-refractivity contribution in [2.24, 2.45) is 0 Å². The van der Waals surface area contributed by atoms with Gasteiger partial charge in [0.2, 0.25) is 0 Å². The summed E-state index contributed by atoms with van der Waals surface area (Å²) in [5.74, 6) is 0. The van der Waals surface area contributed by atoms with Crippen LogP contribution in [0.3, 0.4) is 0 Å². The van der Waals surface area contributed by atoms with Crippen LogP contribution in [-0.2, 0) is 0 Å². The number of hydrogen-bond acceptors (Lipinski definition) is 3. The summed E-state index contributed by atoms with van der Waals surface area (Å²) in [4.78, 5) is 4.11. The highest BCUT2D eigenvalue weighted by Crippen LogP contribution is 2.24. The first-order chi connectivity index (χ1) is 7.58. The summed E-state index contributed by atoms with van der Waals surface area (Å²) in [6.45, 7) is 3.25. The first-order valence-corrected chi connectivity index (χ1v) is 5.36. The molecule has 0 bridgehead atoms. The lowest BCUT2D eigenvalue weighted by Crippen LogP contribution is -2.24. The van der Waals surface area contributed by atoms with Crippen LogP contribution in [0, 0.1) is 0 Å². The molecular weight excluding hydrogens is 231 g/mol. The number of aromatic nitrogens is 3. The Morgan fingerprint density at radius 1 is 1.50 bits per heavy atom. The minimum Gasteiger partial charge on any atom is -0.377 e. The number of fused-ring (bicyclic) bond motifs is 1. The molecule has 0 aliphatic carbocycles. The normalized spacial score (nSPS) is 15.0. The molecule has 6 heteroatoms. The SMILES string of the molecule is CC(Nc1cc2cn[nH]c2nc1Cl)[C@@H](C)F. The predicted octanol–water partition coefficient (Wildman–Crippen LogP) is 2.77. The van der Waals surface area contributed by atoms with Crippen molar-refractivity contribution in [2.75, 3.05) is 5.32 Å². The Labute approximate surface area is 97.2 Å². The van der Waals surface area contributed by atoms with E-state index in [4.69, 9.17) is 11.6 Å². The molecule has 0 aliphatic rings. The summed E-state index contributed by atoms with van der Waals surface area (Å²) in [5.41, 5.74) is 1.24. The highest BCUT2D eigenvalue weighted by Gasteiger charge is 2.13. The summed E-state index contributed by atoms with van der Waals surface area (Å²) >= 11 is 5.97. The van der Waals surface area contributed by atoms with E-state index in [2.05, 4.69) is 20.5 Å². The number of pyridine rings is 1. The third kappa shape index (κ3) is 2.09. The maximum Gasteiger partial charge on any atom is 0.157 e. The molecule has 0 saturated heterocycles. The van der Waals surface area contributed by atoms with Crippen molar-refractivity contribution >= 4 is 28.3 Å². The van der Waals surface area contributed by atoms with Gasteiger partial charge in [-0.25, -0.2) is 9.37 Å². The van der Waals surface area contributed by atoms with Gasteiger partial charge in [-0.2, -0.15) is 5.10 Å². The molecule has 2 heterocycles. The van der Waals surface area contributed by atoms with Crippen LogP contribution in [0.4, 0.5) is 10.1 Å². The van der Waals surface area contributed by atoms with E-state index < -0.39 is 6.17 Å². The van der Waals surface area contributed by atoms with Crippen molar-refractivity contribution in [1.29, 1.82) is 0 Å². The summed E-state index contributed by atoms with van der Waals surface area (Å²) in [6.07, 6.45) is 0.684. The van der Waals surface area contributed by atoms with Crippen LogP contribution in [0.2, 0.25) is 5.15 Å². The molecule has 0 spiro atoms. The molecule has 86 valence electrons. The first kappa shape index (κ1) is 11.1. The molecule has 16 heavy (non-hydrogen) atoms. The van der Waals surface area contributed by atoms with Gasteiger partial charge in [0.05, 0.1) is 17.9 Å². The van der Waals surface area contributed by atoms with Crippen LogP contribution in [-0.4, -0.2) is 27.4 Å². The van der Waals surface area contributed by atoms with Gasteiger partial charge in [-0.05, 0) is 19.9 Å². The third-order valence-corrected chi connectivity index (χ3v) is 2.74. The van der Waals surface area contributed by atoms with Crippen molar-refractivity contribution in [3.8, 4) is 0 Å². The monoisotopic (exact) mass is 242 g/mol. The average Bonchev–Trinajstić information content (AvgIpc) is 2.65. The molecule has 2 N–H and O–H groups in total. The summed E-state index contributed by atoms with van der Waals surface area (Å²) in [7, 11) is 0. The number of H-pyrrole nitrogens is 1. The molecule has 2 aromatic heterocycles. The van der Waals surface area contributed by atoms with Crippen LogP contribution in [0.25, 0.3) is 11.0 Å². The second-order valence-corrected chi connectivity index (χ2v) is 4.10. The van der Waals surface area contributed by atoms with Crippen molar-refractivity contribution in [3.63, 3.8) is 0 Å². The third-order valence-electron chi connectivity index (χ3n) is 2.45. The summed E-state index contributed by atoms with van der Waals surface area (Å²) in [6, 6.07) is 1.48. The number of hydrogen-bond donors (Lipinski definition) is 2. The number of nitrogens with zero attached hydrogens (tertiary/aromatic N) is 2. The Morgan fingerprint density at radius 2 is 2.25 bits per heavy atom. The van der Waals surface area contributed by atoms with E-state index in [1.807, 2.05) is 0 Å². The maximum absolute atomic E-state index is 13.0. The molecule has 0 saturated carbocycles. The highest BCUT2D eigenvalue weighted by molar-refractivity contribution is 6.32. The molecule has 0 radical (unpaired) electrons. The number of alkyl halides is 1. The molecule has 0 amide bonds. The zero-order chi connectivity index (χ0) is 11.7. The lowest BCUT2D eigenvalue weighted by Gasteiger charge is -2.16. The molecule has 0 fully saturated rings. The van der Waals surface area contributed by atoms with E-state index in [1.54, 1.807) is 19.2 Å². The van der Waals surface area contributed by atoms with Gasteiger partial charge in [0, 0.05) is 5.39 Å². The van der Waals surface area contributed by atoms with Crippen molar-refractivity contribution in [1.82, 2.24) is 15.2 Å². The van der Waals surface area contributed by atoms with Gasteiger partial charge in [0.1, 0.15) is 6.17 Å². The second-order valence-electron chi connectivity index (χ2n) is 3.75. The van der Waals surface area contributed by atoms with E-state index in [0.717, 1.165) is 5.39 Å². The van der Waals surface area contributed by atoms with Crippen LogP contribution in [0.1, 0.15) is 13.8 Å². The topological polar surface area (TPSA) is 53.6 Å². The van der Waals surface area contributed by atoms with Crippen LogP contribution >= 0.6 is 11.6 Å². The van der Waals surface area contributed by atoms with E-state index in [1.165, 1.54) is 6.92 Å². The second kappa shape index (κ2) is 4.25. The Kier molecular flexibility index (Phi) is 2.96. The molecule has 2 atom stereocenters. The summed E-state index contributed by atoms with van der Waals surface area (Å²) in [5, 5.41) is 10.7. The number of rotatable bonds is 3. The van der Waals surface area contributed by atoms with Gasteiger partial charge in [-0.1, -0.05) is 11.6 Å². The first-order valence-electron chi connectivity index (χ1n) is 4.98. The minimum atomic E-state index is -0.962. The average molecular weight is 243 g/mol. The molecule has 2 rings (SSSR count). The van der Waals surface area contributed by atoms with E-state index in [0.29, 0.717) is 16.5 Å².